The van der Waals surface area contributed by atoms with Crippen LogP contribution in [0.25, 0.3) is 0 Å². The molecule has 2 aromatic carbocycles. The van der Waals surface area contributed by atoms with Gasteiger partial charge in [-0.25, -0.2) is 0 Å². The van der Waals surface area contributed by atoms with Crippen molar-refractivity contribution in [1.29, 1.82) is 0 Å². The molecule has 0 spiro atoms. The lowest BCUT2D eigenvalue weighted by atomic mass is 9.86. The molecule has 2 fully saturated rings. The molecule has 0 amide bonds. The molecule has 2 aromatic rings. The zero-order chi connectivity index (χ0) is 16.7. The van der Waals surface area contributed by atoms with Crippen LogP contribution in [0.3, 0.4) is 0 Å². The van der Waals surface area contributed by atoms with Gasteiger partial charge in [-0.1, -0.05) is 74.5 Å². The first-order valence-electron chi connectivity index (χ1n) is 9.30. The monoisotopic (exact) mass is 318 g/mol. The second-order valence-corrected chi connectivity index (χ2v) is 7.81. The Hall–Kier alpha value is -1.89. The molecule has 0 N–H and O–H groups in total. The molecule has 6 unspecified atom stereocenters. The van der Waals surface area contributed by atoms with Gasteiger partial charge in [0, 0.05) is 11.8 Å². The number of hydrogen-bond donors (Lipinski definition) is 0. The second-order valence-electron chi connectivity index (χ2n) is 7.81. The largest absolute Gasteiger partial charge is 0.299 e. The summed E-state index contributed by atoms with van der Waals surface area (Å²) in [7, 11) is 0. The fraction of sp³-hybridized carbons (Fsp3) is 0.435. The van der Waals surface area contributed by atoms with E-state index in [1.165, 1.54) is 24.0 Å². The topological polar surface area (TPSA) is 17.1 Å². The molecule has 6 atom stereocenters. The Morgan fingerprint density at radius 2 is 1.12 bits per heavy atom. The minimum Gasteiger partial charge on any atom is -0.299 e. The van der Waals surface area contributed by atoms with Gasteiger partial charge in [0.15, 0.2) is 0 Å². The van der Waals surface area contributed by atoms with Crippen molar-refractivity contribution in [3.8, 4) is 0 Å². The third-order valence-corrected chi connectivity index (χ3v) is 6.32. The number of carbonyl (C=O) groups is 1. The van der Waals surface area contributed by atoms with Crippen LogP contribution in [0.2, 0.25) is 0 Å². The molecule has 24 heavy (non-hydrogen) atoms. The number of rotatable bonds is 6. The zero-order valence-electron chi connectivity index (χ0n) is 14.6. The first-order chi connectivity index (χ1) is 11.7. The average Bonchev–Trinajstić information content (AvgIpc) is 3.55. The highest BCUT2D eigenvalue weighted by Crippen LogP contribution is 2.56. The molecule has 2 aliphatic rings. The summed E-state index contributed by atoms with van der Waals surface area (Å²) in [5.41, 5.74) is 2.81. The van der Waals surface area contributed by atoms with Crippen molar-refractivity contribution in [3.63, 3.8) is 0 Å². The predicted octanol–water partition coefficient (Wildman–Crippen LogP) is 5.44. The fourth-order valence-corrected chi connectivity index (χ4v) is 4.54. The van der Waals surface area contributed by atoms with Gasteiger partial charge in [0.25, 0.3) is 0 Å². The van der Waals surface area contributed by atoms with Gasteiger partial charge >= 0.3 is 0 Å². The summed E-state index contributed by atoms with van der Waals surface area (Å²) in [5, 5.41) is 0. The Morgan fingerprint density at radius 1 is 0.750 bits per heavy atom. The normalized spacial score (nSPS) is 30.4. The quantitative estimate of drug-likeness (QED) is 0.693. The summed E-state index contributed by atoms with van der Waals surface area (Å²) in [6, 6.07) is 21.4. The van der Waals surface area contributed by atoms with Gasteiger partial charge in [-0.15, -0.1) is 0 Å². The van der Waals surface area contributed by atoms with Gasteiger partial charge in [0.05, 0.1) is 0 Å². The Bertz CT molecular complexity index is 644. The third kappa shape index (κ3) is 2.92. The van der Waals surface area contributed by atoms with Crippen LogP contribution < -0.4 is 0 Å². The summed E-state index contributed by atoms with van der Waals surface area (Å²) in [5.74, 6) is 3.18. The van der Waals surface area contributed by atoms with Crippen LogP contribution in [0, 0.1) is 23.7 Å². The van der Waals surface area contributed by atoms with E-state index in [1.807, 2.05) is 0 Å². The summed E-state index contributed by atoms with van der Waals surface area (Å²) in [6.07, 6.45) is 2.35. The Labute approximate surface area is 145 Å². The lowest BCUT2D eigenvalue weighted by Gasteiger charge is -2.17. The average molecular weight is 318 g/mol. The third-order valence-electron chi connectivity index (χ3n) is 6.32. The van der Waals surface area contributed by atoms with E-state index in [0.29, 0.717) is 29.5 Å². The number of Topliss-reactive ketones (excluding diaryl/α,β-unsaturated/α-hetero) is 1. The summed E-state index contributed by atoms with van der Waals surface area (Å²) < 4.78 is 0. The van der Waals surface area contributed by atoms with Crippen molar-refractivity contribution in [2.45, 2.75) is 38.5 Å². The van der Waals surface area contributed by atoms with Gasteiger partial charge in [-0.2, -0.15) is 0 Å². The van der Waals surface area contributed by atoms with Crippen molar-refractivity contribution >= 4 is 5.78 Å². The van der Waals surface area contributed by atoms with Crippen LogP contribution in [0.5, 0.6) is 0 Å². The van der Waals surface area contributed by atoms with Crippen molar-refractivity contribution in [2.24, 2.45) is 23.7 Å². The highest BCUT2D eigenvalue weighted by atomic mass is 16.1. The SMILES string of the molecule is CC(C(=O)C(C)C1CC1c1ccccc1)C1CC1c1ccccc1. The van der Waals surface area contributed by atoms with Crippen LogP contribution in [-0.4, -0.2) is 5.78 Å². The van der Waals surface area contributed by atoms with Crippen LogP contribution in [0.15, 0.2) is 60.7 Å². The minimum absolute atomic E-state index is 0.197. The van der Waals surface area contributed by atoms with E-state index in [4.69, 9.17) is 0 Å². The van der Waals surface area contributed by atoms with E-state index in [-0.39, 0.29) is 11.8 Å². The Morgan fingerprint density at radius 3 is 1.50 bits per heavy atom. The fourth-order valence-electron chi connectivity index (χ4n) is 4.54. The summed E-state index contributed by atoms with van der Waals surface area (Å²) >= 11 is 0. The van der Waals surface area contributed by atoms with Crippen LogP contribution in [0.4, 0.5) is 0 Å². The highest BCUT2D eigenvalue weighted by molar-refractivity contribution is 5.84. The number of hydrogen-bond acceptors (Lipinski definition) is 1. The van der Waals surface area contributed by atoms with Gasteiger partial charge in [0.1, 0.15) is 5.78 Å². The van der Waals surface area contributed by atoms with Crippen molar-refractivity contribution in [1.82, 2.24) is 0 Å². The Balaban J connectivity index is 1.36. The number of benzene rings is 2. The van der Waals surface area contributed by atoms with Gasteiger partial charge < -0.3 is 0 Å². The molecule has 0 aromatic heterocycles. The number of ketones is 1. The lowest BCUT2D eigenvalue weighted by molar-refractivity contribution is -0.127. The highest BCUT2D eigenvalue weighted by Gasteiger charge is 2.49. The molecule has 1 heteroatoms. The van der Waals surface area contributed by atoms with Crippen molar-refractivity contribution in [3.05, 3.63) is 71.8 Å². The van der Waals surface area contributed by atoms with E-state index in [2.05, 4.69) is 74.5 Å². The maximum atomic E-state index is 13.0. The molecule has 2 aliphatic carbocycles. The van der Waals surface area contributed by atoms with Gasteiger partial charge in [-0.3, -0.25) is 4.79 Å². The molecular formula is C23H26O. The molecule has 0 radical (unpaired) electrons. The molecule has 0 aliphatic heterocycles. The first-order valence-corrected chi connectivity index (χ1v) is 9.30. The molecule has 2 saturated carbocycles. The second kappa shape index (κ2) is 6.20. The van der Waals surface area contributed by atoms with Gasteiger partial charge in [0.2, 0.25) is 0 Å². The molecule has 0 bridgehead atoms. The molecule has 0 heterocycles. The maximum absolute atomic E-state index is 13.0. The predicted molar refractivity (Wildman–Crippen MR) is 97.9 cm³/mol. The zero-order valence-corrected chi connectivity index (χ0v) is 14.6. The van der Waals surface area contributed by atoms with Crippen LogP contribution >= 0.6 is 0 Å². The summed E-state index contributed by atoms with van der Waals surface area (Å²) in [6.45, 7) is 4.32. The van der Waals surface area contributed by atoms with E-state index in [9.17, 15) is 4.79 Å². The molecular weight excluding hydrogens is 292 g/mol. The van der Waals surface area contributed by atoms with E-state index < -0.39 is 0 Å². The Kier molecular flexibility index (Phi) is 4.04. The standard InChI is InChI=1S/C23H26O/c1-15(19-13-21(19)17-9-5-3-6-10-17)23(24)16(2)20-14-22(20)18-11-7-4-8-12-18/h3-12,15-16,19-22H,13-14H2,1-2H3. The van der Waals surface area contributed by atoms with E-state index >= 15 is 0 Å². The lowest BCUT2D eigenvalue weighted by Crippen LogP contribution is -2.23. The van der Waals surface area contributed by atoms with Crippen molar-refractivity contribution < 1.29 is 4.79 Å². The van der Waals surface area contributed by atoms with E-state index in [0.717, 1.165) is 0 Å². The smallest absolute Gasteiger partial charge is 0.139 e. The van der Waals surface area contributed by atoms with Crippen molar-refractivity contribution in [2.75, 3.05) is 0 Å². The molecule has 4 rings (SSSR count). The maximum Gasteiger partial charge on any atom is 0.139 e. The first kappa shape index (κ1) is 15.6. The van der Waals surface area contributed by atoms with E-state index in [1.54, 1.807) is 0 Å². The minimum atomic E-state index is 0.197. The number of carbonyl (C=O) groups excluding carboxylic acids is 1. The van der Waals surface area contributed by atoms with Gasteiger partial charge in [-0.05, 0) is 47.6 Å². The molecule has 0 saturated heterocycles. The molecule has 124 valence electrons. The molecule has 1 nitrogen and oxygen atoms in total. The van der Waals surface area contributed by atoms with Crippen LogP contribution in [-0.2, 0) is 4.79 Å². The van der Waals surface area contributed by atoms with Crippen LogP contribution in [0.1, 0.15) is 49.7 Å². The summed E-state index contributed by atoms with van der Waals surface area (Å²) in [4.78, 5) is 13.0.